The van der Waals surface area contributed by atoms with Crippen molar-refractivity contribution in [2.24, 2.45) is 11.8 Å². The molecule has 3 rings (SSSR count). The Morgan fingerprint density at radius 2 is 2.12 bits per heavy atom. The van der Waals surface area contributed by atoms with E-state index in [0.29, 0.717) is 17.4 Å². The number of aryl methyl sites for hydroxylation is 1. The summed E-state index contributed by atoms with van der Waals surface area (Å²) in [6.45, 7) is 3.79. The van der Waals surface area contributed by atoms with E-state index < -0.39 is 0 Å². The molecule has 0 aromatic heterocycles. The minimum Gasteiger partial charge on any atom is -0.349 e. The van der Waals surface area contributed by atoms with Crippen molar-refractivity contribution >= 4 is 5.91 Å². The highest BCUT2D eigenvalue weighted by Crippen LogP contribution is 2.41. The van der Waals surface area contributed by atoms with Gasteiger partial charge in [0, 0.05) is 24.7 Å². The van der Waals surface area contributed by atoms with Crippen LogP contribution in [-0.4, -0.2) is 25.0 Å². The number of hydrogen-bond acceptors (Lipinski definition) is 2. The van der Waals surface area contributed by atoms with E-state index in [-0.39, 0.29) is 17.8 Å². The number of halogens is 1. The summed E-state index contributed by atoms with van der Waals surface area (Å²) in [6.07, 6.45) is 0. The molecule has 2 unspecified atom stereocenters. The van der Waals surface area contributed by atoms with E-state index in [1.807, 2.05) is 6.92 Å². The first-order chi connectivity index (χ1) is 8.16. The fraction of sp³-hybridized carbons (Fsp3) is 0.462. The zero-order chi connectivity index (χ0) is 12.0. The molecule has 0 radical (unpaired) electrons. The standard InChI is InChI=1S/C13H15FN2O/c1-7-2-3-8(14)4-9(7)13(17)16-12-10-5-15-6-11(10)12/h2-4,10-12,15H,5-6H2,1H3,(H,16,17). The van der Waals surface area contributed by atoms with Crippen LogP contribution in [0.3, 0.4) is 0 Å². The third kappa shape index (κ3) is 1.82. The number of fused-ring (bicyclic) bond motifs is 1. The second-order valence-corrected chi connectivity index (χ2v) is 4.94. The highest BCUT2D eigenvalue weighted by molar-refractivity contribution is 5.96. The quantitative estimate of drug-likeness (QED) is 0.804. The molecule has 1 aromatic rings. The van der Waals surface area contributed by atoms with Crippen LogP contribution in [0.1, 0.15) is 15.9 Å². The first-order valence-electron chi connectivity index (χ1n) is 5.94. The average Bonchev–Trinajstić information content (AvgIpc) is 2.76. The van der Waals surface area contributed by atoms with Crippen molar-refractivity contribution in [1.82, 2.24) is 10.6 Å². The fourth-order valence-electron chi connectivity index (χ4n) is 2.70. The first kappa shape index (κ1) is 10.7. The summed E-state index contributed by atoms with van der Waals surface area (Å²) in [5, 5.41) is 6.27. The molecular weight excluding hydrogens is 219 g/mol. The lowest BCUT2D eigenvalue weighted by atomic mass is 10.1. The summed E-state index contributed by atoms with van der Waals surface area (Å²) in [4.78, 5) is 12.0. The number of benzene rings is 1. The van der Waals surface area contributed by atoms with E-state index in [2.05, 4.69) is 10.6 Å². The molecule has 2 N–H and O–H groups in total. The average molecular weight is 234 g/mol. The number of amides is 1. The Hall–Kier alpha value is -1.42. The second kappa shape index (κ2) is 3.81. The van der Waals surface area contributed by atoms with Crippen LogP contribution >= 0.6 is 0 Å². The molecule has 0 bridgehead atoms. The highest BCUT2D eigenvalue weighted by atomic mass is 19.1. The fourth-order valence-corrected chi connectivity index (χ4v) is 2.70. The van der Waals surface area contributed by atoms with E-state index in [1.165, 1.54) is 12.1 Å². The van der Waals surface area contributed by atoms with Gasteiger partial charge >= 0.3 is 0 Å². The molecule has 2 fully saturated rings. The number of piperidine rings is 1. The zero-order valence-corrected chi connectivity index (χ0v) is 9.66. The predicted molar refractivity (Wildman–Crippen MR) is 62.2 cm³/mol. The highest BCUT2D eigenvalue weighted by Gasteiger charge is 2.53. The molecule has 17 heavy (non-hydrogen) atoms. The van der Waals surface area contributed by atoms with Crippen molar-refractivity contribution in [2.45, 2.75) is 13.0 Å². The molecule has 1 amide bonds. The summed E-state index contributed by atoms with van der Waals surface area (Å²) in [5.41, 5.74) is 1.26. The molecule has 4 heteroatoms. The smallest absolute Gasteiger partial charge is 0.251 e. The van der Waals surface area contributed by atoms with Crippen LogP contribution in [0.5, 0.6) is 0 Å². The predicted octanol–water partition coefficient (Wildman–Crippen LogP) is 1.08. The summed E-state index contributed by atoms with van der Waals surface area (Å²) in [5.74, 6) is 0.639. The Labute approximate surface area is 99.4 Å². The van der Waals surface area contributed by atoms with Crippen molar-refractivity contribution in [1.29, 1.82) is 0 Å². The van der Waals surface area contributed by atoms with Gasteiger partial charge in [-0.25, -0.2) is 4.39 Å². The maximum atomic E-state index is 13.1. The molecule has 0 spiro atoms. The molecule has 2 aliphatic rings. The van der Waals surface area contributed by atoms with Crippen LogP contribution in [0.4, 0.5) is 4.39 Å². The van der Waals surface area contributed by atoms with Gasteiger partial charge in [-0.3, -0.25) is 4.79 Å². The van der Waals surface area contributed by atoms with Gasteiger partial charge in [-0.15, -0.1) is 0 Å². The van der Waals surface area contributed by atoms with Gasteiger partial charge < -0.3 is 10.6 Å². The van der Waals surface area contributed by atoms with Crippen molar-refractivity contribution in [3.63, 3.8) is 0 Å². The number of carbonyl (C=O) groups excluding carboxylic acids is 1. The monoisotopic (exact) mass is 234 g/mol. The van der Waals surface area contributed by atoms with Gasteiger partial charge in [-0.2, -0.15) is 0 Å². The number of nitrogens with one attached hydrogen (secondary N) is 2. The topological polar surface area (TPSA) is 41.1 Å². The van der Waals surface area contributed by atoms with Gasteiger partial charge in [-0.05, 0) is 36.5 Å². The molecular formula is C13H15FN2O. The van der Waals surface area contributed by atoms with Crippen molar-refractivity contribution < 1.29 is 9.18 Å². The Morgan fingerprint density at radius 1 is 1.41 bits per heavy atom. The van der Waals surface area contributed by atoms with Gasteiger partial charge in [0.05, 0.1) is 0 Å². The first-order valence-corrected chi connectivity index (χ1v) is 5.94. The van der Waals surface area contributed by atoms with Crippen LogP contribution in [-0.2, 0) is 0 Å². The molecule has 1 aromatic carbocycles. The molecule has 3 nitrogen and oxygen atoms in total. The number of carbonyl (C=O) groups is 1. The van der Waals surface area contributed by atoms with Gasteiger partial charge in [0.2, 0.25) is 0 Å². The molecule has 1 saturated carbocycles. The maximum absolute atomic E-state index is 13.1. The minimum absolute atomic E-state index is 0.151. The minimum atomic E-state index is -0.363. The van der Waals surface area contributed by atoms with Crippen LogP contribution < -0.4 is 10.6 Å². The lowest BCUT2D eigenvalue weighted by molar-refractivity contribution is 0.0945. The third-order valence-electron chi connectivity index (χ3n) is 3.83. The van der Waals surface area contributed by atoms with E-state index in [9.17, 15) is 9.18 Å². The SMILES string of the molecule is Cc1ccc(F)cc1C(=O)NC1C2CNCC21. The molecule has 1 saturated heterocycles. The number of rotatable bonds is 2. The summed E-state index contributed by atoms with van der Waals surface area (Å²) < 4.78 is 13.1. The molecule has 1 aliphatic heterocycles. The van der Waals surface area contributed by atoms with Crippen LogP contribution in [0.2, 0.25) is 0 Å². The Balaban J connectivity index is 1.72. The molecule has 2 atom stereocenters. The largest absolute Gasteiger partial charge is 0.349 e. The van der Waals surface area contributed by atoms with Crippen LogP contribution in [0.15, 0.2) is 18.2 Å². The van der Waals surface area contributed by atoms with Crippen molar-refractivity contribution in [3.8, 4) is 0 Å². The third-order valence-corrected chi connectivity index (χ3v) is 3.83. The molecule has 1 heterocycles. The van der Waals surface area contributed by atoms with Gasteiger partial charge in [0.25, 0.3) is 5.91 Å². The van der Waals surface area contributed by atoms with Gasteiger partial charge in [-0.1, -0.05) is 6.07 Å². The summed E-state index contributed by atoms with van der Waals surface area (Å²) in [6, 6.07) is 4.61. The summed E-state index contributed by atoms with van der Waals surface area (Å²) in [7, 11) is 0. The number of hydrogen-bond donors (Lipinski definition) is 2. The molecule has 90 valence electrons. The van der Waals surface area contributed by atoms with Crippen LogP contribution in [0.25, 0.3) is 0 Å². The molecule has 1 aliphatic carbocycles. The Bertz CT molecular complexity index is 464. The van der Waals surface area contributed by atoms with Gasteiger partial charge in [0.1, 0.15) is 5.82 Å². The lowest BCUT2D eigenvalue weighted by Crippen LogP contribution is -2.32. The van der Waals surface area contributed by atoms with Crippen molar-refractivity contribution in [3.05, 3.63) is 35.1 Å². The summed E-state index contributed by atoms with van der Waals surface area (Å²) >= 11 is 0. The van der Waals surface area contributed by atoms with Crippen LogP contribution in [0, 0.1) is 24.6 Å². The van der Waals surface area contributed by atoms with E-state index in [4.69, 9.17) is 0 Å². The Morgan fingerprint density at radius 3 is 2.82 bits per heavy atom. The normalized spacial score (nSPS) is 29.9. The van der Waals surface area contributed by atoms with E-state index >= 15 is 0 Å². The zero-order valence-electron chi connectivity index (χ0n) is 9.66. The maximum Gasteiger partial charge on any atom is 0.251 e. The Kier molecular flexibility index (Phi) is 2.40. The van der Waals surface area contributed by atoms with Gasteiger partial charge in [0.15, 0.2) is 0 Å². The lowest BCUT2D eigenvalue weighted by Gasteiger charge is -2.09. The van der Waals surface area contributed by atoms with E-state index in [1.54, 1.807) is 6.07 Å². The van der Waals surface area contributed by atoms with E-state index in [0.717, 1.165) is 18.7 Å². The second-order valence-electron chi connectivity index (χ2n) is 4.94. The van der Waals surface area contributed by atoms with Crippen molar-refractivity contribution in [2.75, 3.05) is 13.1 Å².